The molecule has 0 aliphatic rings. The maximum Gasteiger partial charge on any atom is 0.306 e. The Morgan fingerprint density at radius 3 is 1.03 bits per heavy atom. The van der Waals surface area contributed by atoms with Crippen LogP contribution in [0.15, 0.2) is 60.8 Å². The Bertz CT molecular complexity index is 1130. The number of hydrogen-bond donors (Lipinski definition) is 0. The molecule has 0 rings (SSSR count). The SMILES string of the molecule is CCCCC/C=C\C=C/CCCCCCCCCCCCC(=O)OCC(COC(=O)CCC/C=C\CCCCCC)OC(=O)CCCCC/C=C\C=C/CCCCCCCCC. The highest BCUT2D eigenvalue weighted by molar-refractivity contribution is 5.71. The molecule has 0 spiro atoms. The molecule has 0 heterocycles. The highest BCUT2D eigenvalue weighted by Crippen LogP contribution is 2.14. The summed E-state index contributed by atoms with van der Waals surface area (Å²) in [6.07, 6.45) is 62.2. The fourth-order valence-corrected chi connectivity index (χ4v) is 7.25. The van der Waals surface area contributed by atoms with Crippen LogP contribution in [0.1, 0.15) is 258 Å². The molecule has 62 heavy (non-hydrogen) atoms. The first-order chi connectivity index (χ1) is 30.5. The van der Waals surface area contributed by atoms with Gasteiger partial charge in [0, 0.05) is 19.3 Å². The monoisotopic (exact) mass is 867 g/mol. The standard InChI is InChI=1S/C56H98O6/c1-4-7-10-13-16-19-21-23-25-27-28-29-31-32-34-37-40-43-46-49-55(58)61-52-53(51-60-54(57)48-45-42-39-36-18-15-12-9-6-3)62-56(59)50-47-44-41-38-35-33-30-26-24-22-20-17-14-11-8-5-2/h16,19,21,23,26,30,33,35-36,39,53H,4-15,17-18,20,22,24-25,27-29,31-32,34,37-38,40-52H2,1-3H3/b19-16-,23-21-,30-26-,35-33-,39-36-. The summed E-state index contributed by atoms with van der Waals surface area (Å²) in [5.74, 6) is -0.958. The van der Waals surface area contributed by atoms with Gasteiger partial charge >= 0.3 is 17.9 Å². The molecule has 0 aromatic heterocycles. The summed E-state index contributed by atoms with van der Waals surface area (Å²) in [5.41, 5.74) is 0. The first-order valence-electron chi connectivity index (χ1n) is 26.3. The van der Waals surface area contributed by atoms with E-state index in [2.05, 4.69) is 81.5 Å². The zero-order chi connectivity index (χ0) is 45.1. The van der Waals surface area contributed by atoms with Gasteiger partial charge in [-0.15, -0.1) is 0 Å². The van der Waals surface area contributed by atoms with Crippen molar-refractivity contribution in [2.45, 2.75) is 264 Å². The third-order valence-electron chi connectivity index (χ3n) is 11.3. The predicted octanol–water partition coefficient (Wildman–Crippen LogP) is 17.3. The van der Waals surface area contributed by atoms with Crippen molar-refractivity contribution in [1.82, 2.24) is 0 Å². The molecule has 0 aromatic rings. The zero-order valence-electron chi connectivity index (χ0n) is 40.9. The molecule has 0 aliphatic heterocycles. The Morgan fingerprint density at radius 2 is 0.597 bits per heavy atom. The fraction of sp³-hybridized carbons (Fsp3) is 0.768. The molecule has 0 bridgehead atoms. The molecule has 1 atom stereocenters. The van der Waals surface area contributed by atoms with Gasteiger partial charge in [0.25, 0.3) is 0 Å². The molecule has 358 valence electrons. The van der Waals surface area contributed by atoms with Crippen molar-refractivity contribution in [1.29, 1.82) is 0 Å². The summed E-state index contributed by atoms with van der Waals surface area (Å²) in [4.78, 5) is 37.9. The summed E-state index contributed by atoms with van der Waals surface area (Å²) in [6, 6.07) is 0. The van der Waals surface area contributed by atoms with Gasteiger partial charge < -0.3 is 14.2 Å². The smallest absolute Gasteiger partial charge is 0.306 e. The summed E-state index contributed by atoms with van der Waals surface area (Å²) < 4.78 is 16.7. The van der Waals surface area contributed by atoms with Gasteiger partial charge in [0.05, 0.1) is 0 Å². The Hall–Kier alpha value is -2.89. The molecule has 6 nitrogen and oxygen atoms in total. The molecule has 0 saturated carbocycles. The molecule has 6 heteroatoms. The zero-order valence-corrected chi connectivity index (χ0v) is 40.9. The van der Waals surface area contributed by atoms with Crippen LogP contribution in [0.4, 0.5) is 0 Å². The van der Waals surface area contributed by atoms with Gasteiger partial charge in [-0.1, -0.05) is 210 Å². The lowest BCUT2D eigenvalue weighted by Crippen LogP contribution is -2.30. The van der Waals surface area contributed by atoms with Crippen LogP contribution in [0.25, 0.3) is 0 Å². The van der Waals surface area contributed by atoms with Gasteiger partial charge in [-0.05, 0) is 89.9 Å². The van der Waals surface area contributed by atoms with Crippen LogP contribution in [0.5, 0.6) is 0 Å². The molecular formula is C56H98O6. The minimum atomic E-state index is -0.798. The number of unbranched alkanes of at least 4 members (excludes halogenated alkanes) is 28. The van der Waals surface area contributed by atoms with Crippen molar-refractivity contribution in [2.75, 3.05) is 13.2 Å². The maximum atomic E-state index is 12.8. The predicted molar refractivity (Wildman–Crippen MR) is 265 cm³/mol. The topological polar surface area (TPSA) is 78.9 Å². The Balaban J connectivity index is 4.36. The number of carbonyl (C=O) groups is 3. The molecule has 0 amide bonds. The van der Waals surface area contributed by atoms with Crippen molar-refractivity contribution in [3.63, 3.8) is 0 Å². The highest BCUT2D eigenvalue weighted by atomic mass is 16.6. The third-order valence-corrected chi connectivity index (χ3v) is 11.3. The van der Waals surface area contributed by atoms with Crippen molar-refractivity contribution >= 4 is 17.9 Å². The number of hydrogen-bond acceptors (Lipinski definition) is 6. The lowest BCUT2D eigenvalue weighted by atomic mass is 10.1. The van der Waals surface area contributed by atoms with E-state index in [1.165, 1.54) is 148 Å². The molecule has 0 aliphatic carbocycles. The first kappa shape index (κ1) is 59.1. The van der Waals surface area contributed by atoms with Crippen LogP contribution in [0, 0.1) is 0 Å². The third kappa shape index (κ3) is 48.1. The van der Waals surface area contributed by atoms with Gasteiger partial charge in [-0.3, -0.25) is 14.4 Å². The van der Waals surface area contributed by atoms with E-state index >= 15 is 0 Å². The summed E-state index contributed by atoms with van der Waals surface area (Å²) in [7, 11) is 0. The van der Waals surface area contributed by atoms with Gasteiger partial charge in [-0.25, -0.2) is 0 Å². The minimum Gasteiger partial charge on any atom is -0.462 e. The molecule has 0 radical (unpaired) electrons. The van der Waals surface area contributed by atoms with Crippen LogP contribution in [0.3, 0.4) is 0 Å². The lowest BCUT2D eigenvalue weighted by Gasteiger charge is -2.18. The number of esters is 3. The van der Waals surface area contributed by atoms with Crippen molar-refractivity contribution < 1.29 is 28.6 Å². The summed E-state index contributed by atoms with van der Waals surface area (Å²) >= 11 is 0. The number of ether oxygens (including phenoxy) is 3. The Kier molecular flexibility index (Phi) is 48.4. The van der Waals surface area contributed by atoms with Crippen molar-refractivity contribution in [2.24, 2.45) is 0 Å². The second-order valence-electron chi connectivity index (χ2n) is 17.5. The van der Waals surface area contributed by atoms with E-state index in [1.54, 1.807) is 0 Å². The normalized spacial score (nSPS) is 12.5. The number of rotatable bonds is 47. The van der Waals surface area contributed by atoms with E-state index < -0.39 is 6.10 Å². The Labute approximate surface area is 383 Å². The second kappa shape index (κ2) is 50.8. The summed E-state index contributed by atoms with van der Waals surface area (Å²) in [6.45, 7) is 6.53. The van der Waals surface area contributed by atoms with Crippen molar-refractivity contribution in [3.8, 4) is 0 Å². The van der Waals surface area contributed by atoms with Gasteiger partial charge in [-0.2, -0.15) is 0 Å². The van der Waals surface area contributed by atoms with Crippen LogP contribution in [-0.4, -0.2) is 37.2 Å². The summed E-state index contributed by atoms with van der Waals surface area (Å²) in [5, 5.41) is 0. The first-order valence-corrected chi connectivity index (χ1v) is 26.3. The molecular weight excluding hydrogens is 769 g/mol. The maximum absolute atomic E-state index is 12.8. The Morgan fingerprint density at radius 1 is 0.323 bits per heavy atom. The van der Waals surface area contributed by atoms with E-state index in [4.69, 9.17) is 14.2 Å². The van der Waals surface area contributed by atoms with E-state index in [0.717, 1.165) is 64.2 Å². The molecule has 0 aromatic carbocycles. The number of carbonyl (C=O) groups excluding carboxylic acids is 3. The average molecular weight is 867 g/mol. The quantitative estimate of drug-likeness (QED) is 0.0199. The molecule has 0 N–H and O–H groups in total. The number of allylic oxidation sites excluding steroid dienone is 10. The molecule has 0 fully saturated rings. The second-order valence-corrected chi connectivity index (χ2v) is 17.5. The van der Waals surface area contributed by atoms with E-state index in [-0.39, 0.29) is 31.1 Å². The highest BCUT2D eigenvalue weighted by Gasteiger charge is 2.19. The largest absolute Gasteiger partial charge is 0.462 e. The van der Waals surface area contributed by atoms with Crippen LogP contribution >= 0.6 is 0 Å². The minimum absolute atomic E-state index is 0.0949. The average Bonchev–Trinajstić information content (AvgIpc) is 3.27. The van der Waals surface area contributed by atoms with Crippen LogP contribution in [-0.2, 0) is 28.6 Å². The van der Waals surface area contributed by atoms with E-state index in [1.807, 2.05) is 0 Å². The fourth-order valence-electron chi connectivity index (χ4n) is 7.25. The molecule has 1 unspecified atom stereocenters. The molecule has 0 saturated heterocycles. The lowest BCUT2D eigenvalue weighted by molar-refractivity contribution is -0.167. The van der Waals surface area contributed by atoms with E-state index in [0.29, 0.717) is 25.7 Å². The van der Waals surface area contributed by atoms with Gasteiger partial charge in [0.15, 0.2) is 6.10 Å². The van der Waals surface area contributed by atoms with Gasteiger partial charge in [0.1, 0.15) is 13.2 Å². The van der Waals surface area contributed by atoms with Crippen LogP contribution in [0.2, 0.25) is 0 Å². The van der Waals surface area contributed by atoms with Crippen LogP contribution < -0.4 is 0 Å². The van der Waals surface area contributed by atoms with Crippen molar-refractivity contribution in [3.05, 3.63) is 60.8 Å². The van der Waals surface area contributed by atoms with E-state index in [9.17, 15) is 14.4 Å². The van der Waals surface area contributed by atoms with Gasteiger partial charge in [0.2, 0.25) is 0 Å².